The number of para-hydroxylation sites is 2. The van der Waals surface area contributed by atoms with Crippen LogP contribution in [0.4, 0.5) is 15.8 Å². The lowest BCUT2D eigenvalue weighted by Gasteiger charge is -2.35. The van der Waals surface area contributed by atoms with Crippen molar-refractivity contribution >= 4 is 17.3 Å². The normalized spacial score (nSPS) is 15.1. The molecule has 0 radical (unpaired) electrons. The Bertz CT molecular complexity index is 758. The van der Waals surface area contributed by atoms with E-state index in [0.717, 1.165) is 31.9 Å². The van der Waals surface area contributed by atoms with Gasteiger partial charge >= 0.3 is 0 Å². The van der Waals surface area contributed by atoms with Gasteiger partial charge in [0.15, 0.2) is 0 Å². The third-order valence-corrected chi connectivity index (χ3v) is 4.40. The van der Waals surface area contributed by atoms with Crippen molar-refractivity contribution in [1.29, 1.82) is 0 Å². The van der Waals surface area contributed by atoms with Crippen LogP contribution in [-0.4, -0.2) is 51.1 Å². The van der Waals surface area contributed by atoms with Crippen LogP contribution >= 0.6 is 0 Å². The Kier molecular flexibility index (Phi) is 5.19. The van der Waals surface area contributed by atoms with Gasteiger partial charge in [-0.25, -0.2) is 4.39 Å². The molecule has 0 saturated carbocycles. The van der Waals surface area contributed by atoms with Gasteiger partial charge in [-0.3, -0.25) is 4.79 Å². The first-order valence-electron chi connectivity index (χ1n) is 8.26. The van der Waals surface area contributed by atoms with Gasteiger partial charge in [0, 0.05) is 31.9 Å². The second kappa shape index (κ2) is 7.53. The maximum atomic E-state index is 13.8. The third-order valence-electron chi connectivity index (χ3n) is 4.40. The second-order valence-electron chi connectivity index (χ2n) is 6.11. The van der Waals surface area contributed by atoms with Gasteiger partial charge in [-0.2, -0.15) is 0 Å². The monoisotopic (exact) mass is 343 g/mol. The van der Waals surface area contributed by atoms with Crippen LogP contribution in [-0.2, 0) is 0 Å². The van der Waals surface area contributed by atoms with Crippen molar-refractivity contribution in [2.75, 3.05) is 50.6 Å². The molecule has 1 heterocycles. The van der Waals surface area contributed by atoms with E-state index in [1.54, 1.807) is 25.3 Å². The topological polar surface area (TPSA) is 44.8 Å². The molecule has 2 aromatic rings. The molecular formula is C19H22FN3O2. The summed E-state index contributed by atoms with van der Waals surface area (Å²) in [5.41, 5.74) is 1.64. The highest BCUT2D eigenvalue weighted by molar-refractivity contribution is 6.08. The summed E-state index contributed by atoms with van der Waals surface area (Å²) in [5.74, 6) is -0.214. The number of hydrogen-bond donors (Lipinski definition) is 1. The van der Waals surface area contributed by atoms with Gasteiger partial charge in [-0.05, 0) is 37.4 Å². The number of likely N-dealkylation sites (N-methyl/N-ethyl adjacent to an activating group) is 1. The molecule has 1 amide bonds. The van der Waals surface area contributed by atoms with E-state index < -0.39 is 5.82 Å². The van der Waals surface area contributed by atoms with Crippen LogP contribution in [0.5, 0.6) is 5.75 Å². The summed E-state index contributed by atoms with van der Waals surface area (Å²) in [7, 11) is 3.61. The molecule has 0 atom stereocenters. The van der Waals surface area contributed by atoms with Gasteiger partial charge in [0.2, 0.25) is 0 Å². The summed E-state index contributed by atoms with van der Waals surface area (Å²) in [6.45, 7) is 3.42. The summed E-state index contributed by atoms with van der Waals surface area (Å²) in [6.07, 6.45) is 0. The molecule has 5 nitrogen and oxygen atoms in total. The van der Waals surface area contributed by atoms with Gasteiger partial charge < -0.3 is 19.9 Å². The summed E-state index contributed by atoms with van der Waals surface area (Å²) < 4.78 is 19.0. The Morgan fingerprint density at radius 1 is 1.12 bits per heavy atom. The van der Waals surface area contributed by atoms with E-state index in [0.29, 0.717) is 17.0 Å². The van der Waals surface area contributed by atoms with Crippen molar-refractivity contribution < 1.29 is 13.9 Å². The number of benzene rings is 2. The zero-order valence-corrected chi connectivity index (χ0v) is 14.5. The minimum atomic E-state index is -0.428. The van der Waals surface area contributed by atoms with Crippen LogP contribution in [0.15, 0.2) is 42.5 Å². The molecule has 2 aromatic carbocycles. The fraction of sp³-hybridized carbons (Fsp3) is 0.316. The van der Waals surface area contributed by atoms with Gasteiger partial charge in [0.25, 0.3) is 5.91 Å². The zero-order valence-electron chi connectivity index (χ0n) is 14.5. The Morgan fingerprint density at radius 2 is 1.84 bits per heavy atom. The lowest BCUT2D eigenvalue weighted by atomic mass is 10.1. The highest BCUT2D eigenvalue weighted by Gasteiger charge is 2.21. The Labute approximate surface area is 147 Å². The molecule has 0 bridgehead atoms. The smallest absolute Gasteiger partial charge is 0.257 e. The SMILES string of the molecule is COc1ccccc1NC(=O)c1cc(F)ccc1N1CCN(C)CC1. The number of halogens is 1. The van der Waals surface area contributed by atoms with Gasteiger partial charge in [-0.15, -0.1) is 0 Å². The number of nitrogens with zero attached hydrogens (tertiary/aromatic N) is 2. The largest absolute Gasteiger partial charge is 0.495 e. The average Bonchev–Trinajstić information content (AvgIpc) is 2.63. The number of carbonyl (C=O) groups is 1. The van der Waals surface area contributed by atoms with Crippen LogP contribution in [0.25, 0.3) is 0 Å². The zero-order chi connectivity index (χ0) is 17.8. The standard InChI is InChI=1S/C19H22FN3O2/c1-22-9-11-23(12-10-22)17-8-7-14(20)13-15(17)19(24)21-16-5-3-4-6-18(16)25-2/h3-8,13H,9-12H2,1-2H3,(H,21,24). The number of methoxy groups -OCH3 is 1. The molecule has 1 fully saturated rings. The van der Waals surface area contributed by atoms with Gasteiger partial charge in [0.05, 0.1) is 18.4 Å². The fourth-order valence-corrected chi connectivity index (χ4v) is 2.95. The van der Waals surface area contributed by atoms with Crippen molar-refractivity contribution in [1.82, 2.24) is 4.90 Å². The molecule has 132 valence electrons. The minimum absolute atomic E-state index is 0.329. The summed E-state index contributed by atoms with van der Waals surface area (Å²) in [6, 6.07) is 11.5. The molecule has 6 heteroatoms. The van der Waals surface area contributed by atoms with Crippen LogP contribution in [0, 0.1) is 5.82 Å². The molecule has 1 N–H and O–H groups in total. The number of ether oxygens (including phenoxy) is 1. The van der Waals surface area contributed by atoms with E-state index in [2.05, 4.69) is 22.2 Å². The van der Waals surface area contributed by atoms with E-state index >= 15 is 0 Å². The lowest BCUT2D eigenvalue weighted by molar-refractivity contribution is 0.102. The Morgan fingerprint density at radius 3 is 2.56 bits per heavy atom. The van der Waals surface area contributed by atoms with Crippen LogP contribution in [0.3, 0.4) is 0 Å². The number of anilines is 2. The first kappa shape index (κ1) is 17.2. The molecule has 25 heavy (non-hydrogen) atoms. The molecule has 0 spiro atoms. The number of carbonyl (C=O) groups excluding carboxylic acids is 1. The fourth-order valence-electron chi connectivity index (χ4n) is 2.95. The maximum Gasteiger partial charge on any atom is 0.257 e. The maximum absolute atomic E-state index is 13.8. The summed E-state index contributed by atoms with van der Waals surface area (Å²) >= 11 is 0. The molecule has 1 saturated heterocycles. The quantitative estimate of drug-likeness (QED) is 0.927. The van der Waals surface area contributed by atoms with Crippen LogP contribution in [0.1, 0.15) is 10.4 Å². The number of rotatable bonds is 4. The van der Waals surface area contributed by atoms with Crippen molar-refractivity contribution in [3.05, 3.63) is 53.8 Å². The van der Waals surface area contributed by atoms with Crippen molar-refractivity contribution in [2.45, 2.75) is 0 Å². The Balaban J connectivity index is 1.87. The van der Waals surface area contributed by atoms with Gasteiger partial charge in [0.1, 0.15) is 11.6 Å². The van der Waals surface area contributed by atoms with E-state index in [9.17, 15) is 9.18 Å². The molecule has 1 aliphatic rings. The third kappa shape index (κ3) is 3.91. The number of nitrogens with one attached hydrogen (secondary N) is 1. The molecule has 1 aliphatic heterocycles. The van der Waals surface area contributed by atoms with E-state index in [1.165, 1.54) is 12.1 Å². The van der Waals surface area contributed by atoms with Gasteiger partial charge in [-0.1, -0.05) is 12.1 Å². The predicted molar refractivity (Wildman–Crippen MR) is 97.1 cm³/mol. The number of piperazine rings is 1. The lowest BCUT2D eigenvalue weighted by Crippen LogP contribution is -2.45. The van der Waals surface area contributed by atoms with Crippen molar-refractivity contribution in [3.63, 3.8) is 0 Å². The molecule has 0 aromatic heterocycles. The highest BCUT2D eigenvalue weighted by atomic mass is 19.1. The summed E-state index contributed by atoms with van der Waals surface area (Å²) in [4.78, 5) is 17.1. The van der Waals surface area contributed by atoms with E-state index in [1.807, 2.05) is 12.1 Å². The average molecular weight is 343 g/mol. The van der Waals surface area contributed by atoms with E-state index in [-0.39, 0.29) is 5.91 Å². The summed E-state index contributed by atoms with van der Waals surface area (Å²) in [5, 5.41) is 2.83. The molecule has 0 unspecified atom stereocenters. The van der Waals surface area contributed by atoms with Crippen LogP contribution in [0.2, 0.25) is 0 Å². The van der Waals surface area contributed by atoms with E-state index in [4.69, 9.17) is 4.74 Å². The Hall–Kier alpha value is -2.60. The highest BCUT2D eigenvalue weighted by Crippen LogP contribution is 2.27. The van der Waals surface area contributed by atoms with Crippen molar-refractivity contribution in [3.8, 4) is 5.75 Å². The molecule has 3 rings (SSSR count). The first-order valence-corrected chi connectivity index (χ1v) is 8.26. The van der Waals surface area contributed by atoms with Crippen LogP contribution < -0.4 is 15.0 Å². The second-order valence-corrected chi connectivity index (χ2v) is 6.11. The molecular weight excluding hydrogens is 321 g/mol. The molecule has 0 aliphatic carbocycles. The number of hydrogen-bond acceptors (Lipinski definition) is 4. The first-order chi connectivity index (χ1) is 12.1. The minimum Gasteiger partial charge on any atom is -0.495 e. The number of amides is 1. The van der Waals surface area contributed by atoms with Crippen molar-refractivity contribution in [2.24, 2.45) is 0 Å². The predicted octanol–water partition coefficient (Wildman–Crippen LogP) is 2.84.